The maximum Gasteiger partial charge on any atom is 0.339 e. The number of carbonyl (C=O) groups is 1. The van der Waals surface area contributed by atoms with Gasteiger partial charge in [-0.15, -0.1) is 0 Å². The summed E-state index contributed by atoms with van der Waals surface area (Å²) in [5.74, 6) is -0.175. The number of aromatic nitrogens is 1. The van der Waals surface area contributed by atoms with E-state index < -0.39 is 5.97 Å². The standard InChI is InChI=1S/C16H18N2O3/c1-11-8-15(14(9-17-11)16(19)20)18(2)10-12-4-6-13(21-3)7-5-12/h4-9H,10H2,1-3H3,(H,19,20). The van der Waals surface area contributed by atoms with Gasteiger partial charge in [-0.3, -0.25) is 4.98 Å². The Morgan fingerprint density at radius 1 is 1.33 bits per heavy atom. The van der Waals surface area contributed by atoms with Gasteiger partial charge in [-0.05, 0) is 30.7 Å². The number of hydrogen-bond donors (Lipinski definition) is 1. The Kier molecular flexibility index (Phi) is 4.42. The van der Waals surface area contributed by atoms with Crippen LogP contribution in [0.3, 0.4) is 0 Å². The van der Waals surface area contributed by atoms with Crippen molar-refractivity contribution in [3.05, 3.63) is 53.3 Å². The van der Waals surface area contributed by atoms with E-state index in [4.69, 9.17) is 4.74 Å². The van der Waals surface area contributed by atoms with Crippen molar-refractivity contribution in [3.8, 4) is 5.75 Å². The molecule has 5 nitrogen and oxygen atoms in total. The van der Waals surface area contributed by atoms with Crippen molar-refractivity contribution in [2.45, 2.75) is 13.5 Å². The fourth-order valence-electron chi connectivity index (χ4n) is 2.12. The monoisotopic (exact) mass is 286 g/mol. The molecule has 2 rings (SSSR count). The van der Waals surface area contributed by atoms with Crippen molar-refractivity contribution in [1.29, 1.82) is 0 Å². The zero-order chi connectivity index (χ0) is 15.4. The molecule has 0 saturated heterocycles. The predicted octanol–water partition coefficient (Wildman–Crippen LogP) is 2.73. The highest BCUT2D eigenvalue weighted by Crippen LogP contribution is 2.22. The van der Waals surface area contributed by atoms with Gasteiger partial charge in [-0.25, -0.2) is 4.79 Å². The van der Waals surface area contributed by atoms with Gasteiger partial charge in [0.1, 0.15) is 11.3 Å². The Labute approximate surface area is 123 Å². The minimum absolute atomic E-state index is 0.205. The van der Waals surface area contributed by atoms with Gasteiger partial charge in [-0.2, -0.15) is 0 Å². The fourth-order valence-corrected chi connectivity index (χ4v) is 2.12. The molecule has 0 atom stereocenters. The molecule has 0 unspecified atom stereocenters. The molecule has 110 valence electrons. The maximum absolute atomic E-state index is 11.3. The molecule has 5 heteroatoms. The number of carboxylic acid groups (broad SMARTS) is 1. The van der Waals surface area contributed by atoms with Crippen LogP contribution in [0, 0.1) is 6.92 Å². The largest absolute Gasteiger partial charge is 0.497 e. The molecule has 21 heavy (non-hydrogen) atoms. The SMILES string of the molecule is COc1ccc(CN(C)c2cc(C)ncc2C(=O)O)cc1. The Morgan fingerprint density at radius 2 is 2.00 bits per heavy atom. The van der Waals surface area contributed by atoms with Crippen LogP contribution < -0.4 is 9.64 Å². The summed E-state index contributed by atoms with van der Waals surface area (Å²) in [6, 6.07) is 9.48. The van der Waals surface area contributed by atoms with Gasteiger partial charge in [0.25, 0.3) is 0 Å². The Morgan fingerprint density at radius 3 is 2.57 bits per heavy atom. The third-order valence-corrected chi connectivity index (χ3v) is 3.24. The van der Waals surface area contributed by atoms with E-state index in [-0.39, 0.29) is 5.56 Å². The van der Waals surface area contributed by atoms with Crippen molar-refractivity contribution < 1.29 is 14.6 Å². The second-order valence-corrected chi connectivity index (χ2v) is 4.85. The van der Waals surface area contributed by atoms with Crippen LogP contribution in [-0.4, -0.2) is 30.2 Å². The number of rotatable bonds is 5. The summed E-state index contributed by atoms with van der Waals surface area (Å²) in [6.07, 6.45) is 1.40. The molecule has 0 aliphatic carbocycles. The fraction of sp³-hybridized carbons (Fsp3) is 0.250. The zero-order valence-corrected chi connectivity index (χ0v) is 12.3. The van der Waals surface area contributed by atoms with Gasteiger partial charge in [0, 0.05) is 25.5 Å². The molecule has 0 bridgehead atoms. The van der Waals surface area contributed by atoms with Crippen molar-refractivity contribution in [1.82, 2.24) is 4.98 Å². The summed E-state index contributed by atoms with van der Waals surface area (Å²) < 4.78 is 5.13. The molecule has 1 heterocycles. The summed E-state index contributed by atoms with van der Waals surface area (Å²) in [5, 5.41) is 9.26. The normalized spacial score (nSPS) is 10.2. The molecule has 0 fully saturated rings. The molecule has 0 radical (unpaired) electrons. The van der Waals surface area contributed by atoms with E-state index in [0.29, 0.717) is 12.2 Å². The molecular formula is C16H18N2O3. The highest BCUT2D eigenvalue weighted by molar-refractivity contribution is 5.94. The summed E-state index contributed by atoms with van der Waals surface area (Å²) in [6.45, 7) is 2.45. The topological polar surface area (TPSA) is 62.7 Å². The van der Waals surface area contributed by atoms with Crippen LogP contribution in [0.15, 0.2) is 36.5 Å². The Balaban J connectivity index is 2.24. The van der Waals surface area contributed by atoms with E-state index in [1.807, 2.05) is 43.1 Å². The van der Waals surface area contributed by atoms with Gasteiger partial charge in [0.2, 0.25) is 0 Å². The van der Waals surface area contributed by atoms with E-state index in [0.717, 1.165) is 17.0 Å². The first kappa shape index (κ1) is 14.8. The van der Waals surface area contributed by atoms with Crippen molar-refractivity contribution in [3.63, 3.8) is 0 Å². The zero-order valence-electron chi connectivity index (χ0n) is 12.3. The summed E-state index contributed by atoms with van der Waals surface area (Å²) >= 11 is 0. The number of aryl methyl sites for hydroxylation is 1. The van der Waals surface area contributed by atoms with E-state index >= 15 is 0 Å². The second-order valence-electron chi connectivity index (χ2n) is 4.85. The summed E-state index contributed by atoms with van der Waals surface area (Å²) in [7, 11) is 3.49. The number of ether oxygens (including phenoxy) is 1. The molecule has 0 aliphatic heterocycles. The number of benzene rings is 1. The number of carboxylic acids is 1. The van der Waals surface area contributed by atoms with Crippen LogP contribution >= 0.6 is 0 Å². The Hall–Kier alpha value is -2.56. The number of nitrogens with zero attached hydrogens (tertiary/aromatic N) is 2. The van der Waals surface area contributed by atoms with Gasteiger partial charge < -0.3 is 14.7 Å². The lowest BCUT2D eigenvalue weighted by Crippen LogP contribution is -2.20. The number of pyridine rings is 1. The van der Waals surface area contributed by atoms with Crippen molar-refractivity contribution >= 4 is 11.7 Å². The molecule has 1 N–H and O–H groups in total. The number of hydrogen-bond acceptors (Lipinski definition) is 4. The lowest BCUT2D eigenvalue weighted by Gasteiger charge is -2.21. The molecule has 2 aromatic rings. The molecule has 0 aliphatic rings. The number of aromatic carboxylic acids is 1. The predicted molar refractivity (Wildman–Crippen MR) is 81.0 cm³/mol. The van der Waals surface area contributed by atoms with Gasteiger partial charge in [-0.1, -0.05) is 12.1 Å². The average Bonchev–Trinajstić information content (AvgIpc) is 2.47. The quantitative estimate of drug-likeness (QED) is 0.915. The molecule has 0 saturated carbocycles. The van der Waals surface area contributed by atoms with Gasteiger partial charge in [0.05, 0.1) is 12.8 Å². The minimum Gasteiger partial charge on any atom is -0.497 e. The third kappa shape index (κ3) is 3.51. The van der Waals surface area contributed by atoms with Crippen LogP contribution in [0.25, 0.3) is 0 Å². The van der Waals surface area contributed by atoms with Crippen molar-refractivity contribution in [2.75, 3.05) is 19.1 Å². The highest BCUT2D eigenvalue weighted by atomic mass is 16.5. The first-order chi connectivity index (χ1) is 10.0. The van der Waals surface area contributed by atoms with E-state index in [1.165, 1.54) is 6.20 Å². The van der Waals surface area contributed by atoms with E-state index in [9.17, 15) is 9.90 Å². The molecule has 1 aromatic heterocycles. The molecular weight excluding hydrogens is 268 g/mol. The van der Waals surface area contributed by atoms with Crippen LogP contribution in [-0.2, 0) is 6.54 Å². The third-order valence-electron chi connectivity index (χ3n) is 3.24. The first-order valence-electron chi connectivity index (χ1n) is 6.55. The van der Waals surface area contributed by atoms with Gasteiger partial charge >= 0.3 is 5.97 Å². The smallest absolute Gasteiger partial charge is 0.339 e. The van der Waals surface area contributed by atoms with E-state index in [2.05, 4.69) is 4.98 Å². The Bertz CT molecular complexity index is 638. The highest BCUT2D eigenvalue weighted by Gasteiger charge is 2.14. The van der Waals surface area contributed by atoms with Crippen LogP contribution in [0.4, 0.5) is 5.69 Å². The van der Waals surface area contributed by atoms with Crippen molar-refractivity contribution in [2.24, 2.45) is 0 Å². The van der Waals surface area contributed by atoms with Crippen LogP contribution in [0.2, 0.25) is 0 Å². The summed E-state index contributed by atoms with van der Waals surface area (Å²) in [5.41, 5.74) is 2.73. The maximum atomic E-state index is 11.3. The molecule has 0 spiro atoms. The second kappa shape index (κ2) is 6.26. The average molecular weight is 286 g/mol. The molecule has 1 aromatic carbocycles. The number of methoxy groups -OCH3 is 1. The number of anilines is 1. The van der Waals surface area contributed by atoms with E-state index in [1.54, 1.807) is 13.2 Å². The lowest BCUT2D eigenvalue weighted by molar-refractivity contribution is 0.0697. The first-order valence-corrected chi connectivity index (χ1v) is 6.55. The lowest BCUT2D eigenvalue weighted by atomic mass is 10.1. The van der Waals surface area contributed by atoms with Gasteiger partial charge in [0.15, 0.2) is 0 Å². The minimum atomic E-state index is -0.973. The van der Waals surface area contributed by atoms with Crippen LogP contribution in [0.5, 0.6) is 5.75 Å². The molecule has 0 amide bonds. The van der Waals surface area contributed by atoms with Crippen LogP contribution in [0.1, 0.15) is 21.6 Å². The summed E-state index contributed by atoms with van der Waals surface area (Å²) in [4.78, 5) is 17.2.